The van der Waals surface area contributed by atoms with Gasteiger partial charge < -0.3 is 19.9 Å². The number of aromatic hydroxyl groups is 1. The predicted molar refractivity (Wildman–Crippen MR) is 104 cm³/mol. The molecule has 26 heavy (non-hydrogen) atoms. The standard InChI is InChI=1S/C18H19N3O4S/c1-3-25-16-10-12(4-9-15(16)22)11-19-21-18(26)20-14-7-5-13(6-8-14)17(23)24-2/h4-11,22H,3H2,1-2H3,(H2,20,21,26)/b19-11+. The lowest BCUT2D eigenvalue weighted by Crippen LogP contribution is -2.23. The number of thiocarbonyl (C=S) groups is 1. The Morgan fingerprint density at radius 1 is 1.27 bits per heavy atom. The molecule has 136 valence electrons. The van der Waals surface area contributed by atoms with E-state index in [0.717, 1.165) is 5.56 Å². The summed E-state index contributed by atoms with van der Waals surface area (Å²) in [6, 6.07) is 11.6. The van der Waals surface area contributed by atoms with Gasteiger partial charge in [-0.3, -0.25) is 5.43 Å². The van der Waals surface area contributed by atoms with Crippen molar-refractivity contribution in [2.24, 2.45) is 5.10 Å². The van der Waals surface area contributed by atoms with Crippen molar-refractivity contribution in [3.05, 3.63) is 53.6 Å². The maximum absolute atomic E-state index is 11.4. The number of hydrogen-bond donors (Lipinski definition) is 3. The minimum atomic E-state index is -0.401. The molecule has 2 aromatic rings. The van der Waals surface area contributed by atoms with Gasteiger partial charge in [-0.25, -0.2) is 4.79 Å². The Morgan fingerprint density at radius 2 is 2.00 bits per heavy atom. The summed E-state index contributed by atoms with van der Waals surface area (Å²) in [4.78, 5) is 11.4. The zero-order chi connectivity index (χ0) is 18.9. The first-order chi connectivity index (χ1) is 12.5. The lowest BCUT2D eigenvalue weighted by atomic mass is 10.2. The number of phenols is 1. The maximum atomic E-state index is 11.4. The van der Waals surface area contributed by atoms with E-state index in [-0.39, 0.29) is 10.9 Å². The molecule has 0 aromatic heterocycles. The van der Waals surface area contributed by atoms with Crippen LogP contribution in [0.25, 0.3) is 0 Å². The van der Waals surface area contributed by atoms with Crippen molar-refractivity contribution in [1.29, 1.82) is 0 Å². The SMILES string of the molecule is CCOc1cc(/C=N/NC(=S)Nc2ccc(C(=O)OC)cc2)ccc1O. The van der Waals surface area contributed by atoms with Gasteiger partial charge in [0.2, 0.25) is 0 Å². The smallest absolute Gasteiger partial charge is 0.337 e. The van der Waals surface area contributed by atoms with E-state index in [0.29, 0.717) is 23.6 Å². The molecule has 2 rings (SSSR count). The Kier molecular flexibility index (Phi) is 6.92. The van der Waals surface area contributed by atoms with Crippen molar-refractivity contribution in [1.82, 2.24) is 5.43 Å². The molecule has 0 saturated heterocycles. The van der Waals surface area contributed by atoms with Gasteiger partial charge in [-0.2, -0.15) is 5.10 Å². The molecule has 3 N–H and O–H groups in total. The fourth-order valence-electron chi connectivity index (χ4n) is 2.01. The van der Waals surface area contributed by atoms with Crippen molar-refractivity contribution in [3.8, 4) is 11.5 Å². The average Bonchev–Trinajstić information content (AvgIpc) is 2.64. The third kappa shape index (κ3) is 5.45. The number of rotatable bonds is 6. The number of esters is 1. The van der Waals surface area contributed by atoms with Gasteiger partial charge in [0, 0.05) is 5.69 Å². The van der Waals surface area contributed by atoms with Gasteiger partial charge in [0.25, 0.3) is 0 Å². The number of anilines is 1. The number of nitrogens with zero attached hydrogens (tertiary/aromatic N) is 1. The van der Waals surface area contributed by atoms with Crippen molar-refractivity contribution < 1.29 is 19.4 Å². The highest BCUT2D eigenvalue weighted by Gasteiger charge is 2.05. The Bertz CT molecular complexity index is 807. The second kappa shape index (κ2) is 9.38. The van der Waals surface area contributed by atoms with Crippen LogP contribution in [0.3, 0.4) is 0 Å². The lowest BCUT2D eigenvalue weighted by molar-refractivity contribution is 0.0601. The highest BCUT2D eigenvalue weighted by molar-refractivity contribution is 7.80. The van der Waals surface area contributed by atoms with Gasteiger partial charge in [-0.05, 0) is 67.2 Å². The Morgan fingerprint density at radius 3 is 2.65 bits per heavy atom. The minimum Gasteiger partial charge on any atom is -0.504 e. The van der Waals surface area contributed by atoms with Gasteiger partial charge in [-0.15, -0.1) is 0 Å². The summed E-state index contributed by atoms with van der Waals surface area (Å²) in [6.45, 7) is 2.29. The van der Waals surface area contributed by atoms with E-state index in [1.165, 1.54) is 13.2 Å². The highest BCUT2D eigenvalue weighted by Crippen LogP contribution is 2.26. The number of benzene rings is 2. The van der Waals surface area contributed by atoms with Crippen LogP contribution in [0.4, 0.5) is 5.69 Å². The molecule has 0 radical (unpaired) electrons. The molecule has 0 saturated carbocycles. The van der Waals surface area contributed by atoms with E-state index in [1.807, 2.05) is 6.92 Å². The van der Waals surface area contributed by atoms with E-state index >= 15 is 0 Å². The number of carbonyl (C=O) groups excluding carboxylic acids is 1. The summed E-state index contributed by atoms with van der Waals surface area (Å²) in [5.74, 6) is 0.0644. The van der Waals surface area contributed by atoms with Crippen molar-refractivity contribution in [3.63, 3.8) is 0 Å². The fraction of sp³-hybridized carbons (Fsp3) is 0.167. The molecule has 8 heteroatoms. The second-order valence-electron chi connectivity index (χ2n) is 5.05. The molecule has 7 nitrogen and oxygen atoms in total. The average molecular weight is 373 g/mol. The van der Waals surface area contributed by atoms with E-state index < -0.39 is 5.97 Å². The number of nitrogens with one attached hydrogen (secondary N) is 2. The van der Waals surface area contributed by atoms with Crippen LogP contribution in [0, 0.1) is 0 Å². The molecule has 2 aromatic carbocycles. The molecule has 0 fully saturated rings. The number of ether oxygens (including phenoxy) is 2. The van der Waals surface area contributed by atoms with Gasteiger partial charge in [0.15, 0.2) is 16.6 Å². The maximum Gasteiger partial charge on any atom is 0.337 e. The van der Waals surface area contributed by atoms with Gasteiger partial charge in [0.1, 0.15) is 0 Å². The van der Waals surface area contributed by atoms with Crippen molar-refractivity contribution in [2.75, 3.05) is 19.0 Å². The molecule has 0 aliphatic rings. The second-order valence-corrected chi connectivity index (χ2v) is 5.46. The number of phenolic OH excluding ortho intramolecular Hbond substituents is 1. The molecular formula is C18H19N3O4S. The summed E-state index contributed by atoms with van der Waals surface area (Å²) in [5.41, 5.74) is 4.58. The Labute approximate surface area is 156 Å². The van der Waals surface area contributed by atoms with E-state index in [2.05, 4.69) is 20.6 Å². The highest BCUT2D eigenvalue weighted by atomic mass is 32.1. The van der Waals surface area contributed by atoms with Crippen LogP contribution in [0.15, 0.2) is 47.6 Å². The first kappa shape index (κ1) is 19.2. The van der Waals surface area contributed by atoms with Gasteiger partial charge >= 0.3 is 5.97 Å². The van der Waals surface area contributed by atoms with E-state index in [1.54, 1.807) is 42.6 Å². The number of hydrazone groups is 1. The van der Waals surface area contributed by atoms with Crippen LogP contribution in [0.5, 0.6) is 11.5 Å². The normalized spacial score (nSPS) is 10.4. The molecular weight excluding hydrogens is 354 g/mol. The zero-order valence-electron chi connectivity index (χ0n) is 14.4. The third-order valence-corrected chi connectivity index (χ3v) is 3.42. The summed E-state index contributed by atoms with van der Waals surface area (Å²) < 4.78 is 9.96. The number of methoxy groups -OCH3 is 1. The number of carbonyl (C=O) groups is 1. The minimum absolute atomic E-state index is 0.0737. The fourth-order valence-corrected chi connectivity index (χ4v) is 2.18. The van der Waals surface area contributed by atoms with Gasteiger partial charge in [-0.1, -0.05) is 0 Å². The molecule has 0 unspecified atom stereocenters. The molecule has 0 amide bonds. The zero-order valence-corrected chi connectivity index (χ0v) is 15.2. The summed E-state index contributed by atoms with van der Waals surface area (Å²) in [5, 5.41) is 16.9. The van der Waals surface area contributed by atoms with Crippen LogP contribution in [-0.4, -0.2) is 36.1 Å². The molecule has 0 bridgehead atoms. The van der Waals surface area contributed by atoms with Crippen LogP contribution >= 0.6 is 12.2 Å². The summed E-state index contributed by atoms with van der Waals surface area (Å²) in [7, 11) is 1.33. The quantitative estimate of drug-likeness (QED) is 0.310. The van der Waals surface area contributed by atoms with Crippen LogP contribution in [0.2, 0.25) is 0 Å². The first-order valence-electron chi connectivity index (χ1n) is 7.77. The summed E-state index contributed by atoms with van der Waals surface area (Å²) >= 11 is 5.15. The molecule has 0 atom stereocenters. The Hall–Kier alpha value is -3.13. The van der Waals surface area contributed by atoms with Crippen LogP contribution in [0.1, 0.15) is 22.8 Å². The Balaban J connectivity index is 1.91. The number of hydrogen-bond acceptors (Lipinski definition) is 6. The van der Waals surface area contributed by atoms with Crippen LogP contribution in [-0.2, 0) is 4.74 Å². The molecule has 0 heterocycles. The predicted octanol–water partition coefficient (Wildman–Crippen LogP) is 2.90. The van der Waals surface area contributed by atoms with Crippen LogP contribution < -0.4 is 15.5 Å². The largest absolute Gasteiger partial charge is 0.504 e. The lowest BCUT2D eigenvalue weighted by Gasteiger charge is -2.08. The van der Waals surface area contributed by atoms with E-state index in [4.69, 9.17) is 17.0 Å². The summed E-state index contributed by atoms with van der Waals surface area (Å²) in [6.07, 6.45) is 1.55. The molecule has 0 spiro atoms. The molecule has 0 aliphatic heterocycles. The first-order valence-corrected chi connectivity index (χ1v) is 8.18. The van der Waals surface area contributed by atoms with E-state index in [9.17, 15) is 9.90 Å². The van der Waals surface area contributed by atoms with Crippen molar-refractivity contribution in [2.45, 2.75) is 6.92 Å². The third-order valence-electron chi connectivity index (χ3n) is 3.23. The molecule has 0 aliphatic carbocycles. The van der Waals surface area contributed by atoms with Crippen molar-refractivity contribution >= 4 is 35.2 Å². The monoisotopic (exact) mass is 373 g/mol. The van der Waals surface area contributed by atoms with Gasteiger partial charge in [0.05, 0.1) is 25.5 Å². The topological polar surface area (TPSA) is 92.2 Å².